The number of hydrogen-bond acceptors (Lipinski definition) is 3. The maximum atomic E-state index is 12.3. The summed E-state index contributed by atoms with van der Waals surface area (Å²) in [5.74, 6) is -0.170. The molecule has 14 heavy (non-hydrogen) atoms. The lowest BCUT2D eigenvalue weighted by Crippen LogP contribution is -2.11. The van der Waals surface area contributed by atoms with Gasteiger partial charge in [-0.25, -0.2) is 4.98 Å². The van der Waals surface area contributed by atoms with Gasteiger partial charge in [-0.15, -0.1) is 0 Å². The van der Waals surface area contributed by atoms with Crippen LogP contribution in [0.25, 0.3) is 0 Å². The van der Waals surface area contributed by atoms with E-state index in [0.29, 0.717) is 0 Å². The molecular formula is C8H5F3N2O. The zero-order valence-corrected chi connectivity index (χ0v) is 7.09. The molecule has 1 aromatic rings. The first-order valence-corrected chi connectivity index (χ1v) is 3.51. The highest BCUT2D eigenvalue weighted by molar-refractivity contribution is 5.37. The summed E-state index contributed by atoms with van der Waals surface area (Å²) >= 11 is 0. The Morgan fingerprint density at radius 1 is 1.43 bits per heavy atom. The van der Waals surface area contributed by atoms with Gasteiger partial charge in [-0.1, -0.05) is 0 Å². The summed E-state index contributed by atoms with van der Waals surface area (Å²) in [6.45, 7) is 0. The summed E-state index contributed by atoms with van der Waals surface area (Å²) in [6, 6.07) is 3.64. The minimum Gasteiger partial charge on any atom is -0.481 e. The van der Waals surface area contributed by atoms with E-state index in [4.69, 9.17) is 5.26 Å². The topological polar surface area (TPSA) is 45.9 Å². The lowest BCUT2D eigenvalue weighted by atomic mass is 10.2. The van der Waals surface area contributed by atoms with Gasteiger partial charge >= 0.3 is 6.18 Å². The van der Waals surface area contributed by atoms with Gasteiger partial charge in [-0.3, -0.25) is 0 Å². The molecule has 0 unspecified atom stereocenters. The molecule has 0 radical (unpaired) electrons. The Balaban J connectivity index is 3.31. The second-order valence-corrected chi connectivity index (χ2v) is 2.36. The van der Waals surface area contributed by atoms with E-state index >= 15 is 0 Å². The Bertz CT molecular complexity index is 381. The Labute approximate surface area is 77.7 Å². The number of methoxy groups -OCH3 is 1. The second-order valence-electron chi connectivity index (χ2n) is 2.36. The third-order valence-electron chi connectivity index (χ3n) is 1.47. The van der Waals surface area contributed by atoms with Crippen LogP contribution in [-0.2, 0) is 6.18 Å². The van der Waals surface area contributed by atoms with Gasteiger partial charge < -0.3 is 4.74 Å². The molecule has 0 aliphatic carbocycles. The fourth-order valence-corrected chi connectivity index (χ4v) is 0.861. The molecule has 0 amide bonds. The van der Waals surface area contributed by atoms with Gasteiger partial charge in [0.1, 0.15) is 6.07 Å². The molecule has 6 heteroatoms. The number of nitriles is 1. The molecule has 0 saturated carbocycles. The van der Waals surface area contributed by atoms with Crippen molar-refractivity contribution < 1.29 is 17.9 Å². The van der Waals surface area contributed by atoms with Crippen molar-refractivity contribution in [1.29, 1.82) is 5.26 Å². The lowest BCUT2D eigenvalue weighted by Gasteiger charge is -2.08. The van der Waals surface area contributed by atoms with Crippen LogP contribution in [0.4, 0.5) is 13.2 Å². The first kappa shape index (κ1) is 10.3. The van der Waals surface area contributed by atoms with Crippen molar-refractivity contribution in [2.45, 2.75) is 6.18 Å². The Morgan fingerprint density at radius 2 is 2.07 bits per heavy atom. The Kier molecular flexibility index (Phi) is 2.60. The van der Waals surface area contributed by atoms with Crippen molar-refractivity contribution in [1.82, 2.24) is 4.98 Å². The molecule has 0 saturated heterocycles. The fourth-order valence-electron chi connectivity index (χ4n) is 0.861. The number of halogens is 3. The highest BCUT2D eigenvalue weighted by atomic mass is 19.4. The van der Waals surface area contributed by atoms with Crippen LogP contribution in [-0.4, -0.2) is 12.1 Å². The predicted octanol–water partition coefficient (Wildman–Crippen LogP) is 1.98. The number of rotatable bonds is 1. The average molecular weight is 202 g/mol. The summed E-state index contributed by atoms with van der Waals surface area (Å²) in [7, 11) is 1.20. The van der Waals surface area contributed by atoms with Crippen molar-refractivity contribution in [3.05, 3.63) is 23.4 Å². The lowest BCUT2D eigenvalue weighted by molar-refractivity contribution is -0.141. The highest BCUT2D eigenvalue weighted by Crippen LogP contribution is 2.31. The van der Waals surface area contributed by atoms with Crippen LogP contribution < -0.4 is 4.74 Å². The van der Waals surface area contributed by atoms with E-state index in [9.17, 15) is 13.2 Å². The predicted molar refractivity (Wildman–Crippen MR) is 40.5 cm³/mol. The normalized spacial score (nSPS) is 10.8. The quantitative estimate of drug-likeness (QED) is 0.699. The van der Waals surface area contributed by atoms with Crippen LogP contribution in [0.1, 0.15) is 11.3 Å². The summed E-state index contributed by atoms with van der Waals surface area (Å²) < 4.78 is 41.4. The van der Waals surface area contributed by atoms with Gasteiger partial charge in [0.25, 0.3) is 0 Å². The molecular weight excluding hydrogens is 197 g/mol. The molecule has 0 atom stereocenters. The summed E-state index contributed by atoms with van der Waals surface area (Å²) in [6.07, 6.45) is -4.64. The maximum absolute atomic E-state index is 12.3. The summed E-state index contributed by atoms with van der Waals surface area (Å²) in [5.41, 5.74) is -1.74. The minimum atomic E-state index is -4.64. The van der Waals surface area contributed by atoms with Crippen molar-refractivity contribution in [3.63, 3.8) is 0 Å². The molecule has 1 heterocycles. The maximum Gasteiger partial charge on any atom is 0.434 e. The van der Waals surface area contributed by atoms with Crippen LogP contribution >= 0.6 is 0 Å². The molecule has 0 bridgehead atoms. The number of pyridine rings is 1. The number of hydrogen-bond donors (Lipinski definition) is 0. The minimum absolute atomic E-state index is 0.170. The monoisotopic (exact) mass is 202 g/mol. The highest BCUT2D eigenvalue weighted by Gasteiger charge is 2.36. The molecule has 1 rings (SSSR count). The molecule has 3 nitrogen and oxygen atoms in total. The van der Waals surface area contributed by atoms with Crippen LogP contribution in [0.3, 0.4) is 0 Å². The second kappa shape index (κ2) is 3.54. The van der Waals surface area contributed by atoms with Gasteiger partial charge in [0.15, 0.2) is 5.69 Å². The van der Waals surface area contributed by atoms with Crippen molar-refractivity contribution >= 4 is 0 Å². The number of nitrogens with zero attached hydrogens (tertiary/aromatic N) is 2. The van der Waals surface area contributed by atoms with Crippen molar-refractivity contribution in [3.8, 4) is 11.9 Å². The largest absolute Gasteiger partial charge is 0.481 e. The zero-order valence-electron chi connectivity index (χ0n) is 7.09. The first-order chi connectivity index (χ1) is 6.49. The molecule has 74 valence electrons. The number of ether oxygens (including phenoxy) is 1. The Morgan fingerprint density at radius 3 is 2.50 bits per heavy atom. The van der Waals surface area contributed by atoms with Crippen LogP contribution in [0.5, 0.6) is 5.88 Å². The summed E-state index contributed by atoms with van der Waals surface area (Å²) in [5, 5.41) is 8.41. The van der Waals surface area contributed by atoms with E-state index in [1.807, 2.05) is 0 Å². The smallest absolute Gasteiger partial charge is 0.434 e. The molecule has 0 N–H and O–H groups in total. The van der Waals surface area contributed by atoms with Gasteiger partial charge in [-0.2, -0.15) is 18.4 Å². The van der Waals surface area contributed by atoms with E-state index in [2.05, 4.69) is 9.72 Å². The zero-order chi connectivity index (χ0) is 10.8. The first-order valence-electron chi connectivity index (χ1n) is 3.51. The van der Waals surface area contributed by atoms with Crippen LogP contribution in [0, 0.1) is 11.3 Å². The van der Waals surface area contributed by atoms with Gasteiger partial charge in [0.2, 0.25) is 5.88 Å². The fraction of sp³-hybridized carbons (Fsp3) is 0.250. The third kappa shape index (κ3) is 1.93. The van der Waals surface area contributed by atoms with E-state index in [0.717, 1.165) is 6.07 Å². The average Bonchev–Trinajstić information content (AvgIpc) is 2.15. The number of aromatic nitrogens is 1. The van der Waals surface area contributed by atoms with Crippen LogP contribution in [0.2, 0.25) is 0 Å². The van der Waals surface area contributed by atoms with Crippen molar-refractivity contribution in [2.75, 3.05) is 7.11 Å². The summed E-state index contributed by atoms with van der Waals surface area (Å²) in [4.78, 5) is 3.16. The van der Waals surface area contributed by atoms with Gasteiger partial charge in [0, 0.05) is 6.07 Å². The molecule has 0 spiro atoms. The van der Waals surface area contributed by atoms with Crippen molar-refractivity contribution in [2.24, 2.45) is 0 Å². The molecule has 0 aliphatic heterocycles. The van der Waals surface area contributed by atoms with Gasteiger partial charge in [-0.05, 0) is 6.07 Å². The van der Waals surface area contributed by atoms with E-state index in [-0.39, 0.29) is 5.88 Å². The Hall–Kier alpha value is -1.77. The molecule has 0 fully saturated rings. The molecule has 1 aromatic heterocycles. The SMILES string of the molecule is COc1ccc(C#N)c(C(F)(F)F)n1. The van der Waals surface area contributed by atoms with E-state index in [1.165, 1.54) is 19.2 Å². The molecule has 0 aliphatic rings. The van der Waals surface area contributed by atoms with Crippen LogP contribution in [0.15, 0.2) is 12.1 Å². The third-order valence-corrected chi connectivity index (χ3v) is 1.47. The standard InChI is InChI=1S/C8H5F3N2O/c1-14-6-3-2-5(4-12)7(13-6)8(9,10)11/h2-3H,1H3. The molecule has 0 aromatic carbocycles. The van der Waals surface area contributed by atoms with E-state index < -0.39 is 17.4 Å². The van der Waals surface area contributed by atoms with Gasteiger partial charge in [0.05, 0.1) is 12.7 Å². The number of alkyl halides is 3. The van der Waals surface area contributed by atoms with E-state index in [1.54, 1.807) is 0 Å².